The average Bonchev–Trinajstić information content (AvgIpc) is 0. The summed E-state index contributed by atoms with van der Waals surface area (Å²) in [4.78, 5) is 0. The van der Waals surface area contributed by atoms with Crippen molar-refractivity contribution in [2.75, 3.05) is 0 Å². The molecular weight excluding hydrogens is 209 g/mol. The fourth-order valence-corrected chi connectivity index (χ4v) is 0. The van der Waals surface area contributed by atoms with Crippen molar-refractivity contribution in [3.05, 3.63) is 0 Å². The van der Waals surface area contributed by atoms with Gasteiger partial charge in [0.25, 0.3) is 0 Å². The van der Waals surface area contributed by atoms with Crippen LogP contribution < -0.4 is 6.15 Å². The van der Waals surface area contributed by atoms with Gasteiger partial charge in [-0.15, -0.1) is 0 Å². The van der Waals surface area contributed by atoms with Crippen molar-refractivity contribution in [1.82, 2.24) is 6.15 Å². The molecule has 0 saturated heterocycles. The topological polar surface area (TPSA) is 35.0 Å². The molecule has 0 aliphatic heterocycles. The van der Waals surface area contributed by atoms with Crippen LogP contribution in [0.3, 0.4) is 0 Å². The van der Waals surface area contributed by atoms with Gasteiger partial charge in [0, 0.05) is 8.41 Å². The Morgan fingerprint density at radius 3 is 1.00 bits per heavy atom. The van der Waals surface area contributed by atoms with E-state index in [2.05, 4.69) is 0 Å². The van der Waals surface area contributed by atoms with E-state index in [4.69, 9.17) is 0 Å². The molecule has 0 saturated carbocycles. The van der Waals surface area contributed by atoms with Crippen molar-refractivity contribution in [3.63, 3.8) is 0 Å². The SMILES string of the molecule is N.[B].[GaH3].[InH3]. The van der Waals surface area contributed by atoms with Crippen molar-refractivity contribution in [2.24, 2.45) is 0 Å². The fraction of sp³-hybridized carbons (Fsp3) is 0. The van der Waals surface area contributed by atoms with E-state index >= 15 is 0 Å². The van der Waals surface area contributed by atoms with Crippen LogP contribution in [0.15, 0.2) is 0 Å². The molecule has 0 aliphatic rings. The number of rotatable bonds is 0. The van der Waals surface area contributed by atoms with Crippen molar-refractivity contribution in [1.29, 1.82) is 0 Å². The summed E-state index contributed by atoms with van der Waals surface area (Å²) in [6.07, 6.45) is 0. The molecule has 23 valence electrons. The molecule has 0 aromatic carbocycles. The van der Waals surface area contributed by atoms with Crippen LogP contribution in [-0.2, 0) is 0 Å². The van der Waals surface area contributed by atoms with Gasteiger partial charge in [-0.05, 0) is 0 Å². The predicted octanol–water partition coefficient (Wildman–Crippen LogP) is -2.59. The Labute approximate surface area is 59.9 Å². The van der Waals surface area contributed by atoms with Gasteiger partial charge in [-0.25, -0.2) is 0 Å². The van der Waals surface area contributed by atoms with Gasteiger partial charge in [0.2, 0.25) is 0 Å². The standard InChI is InChI=1S/B.Ga.In.H3N.6H/h;;;1H3;;;;;;. The van der Waals surface area contributed by atoms with Gasteiger partial charge in [-0.3, -0.25) is 0 Å². The van der Waals surface area contributed by atoms with Crippen molar-refractivity contribution in [2.45, 2.75) is 0 Å². The van der Waals surface area contributed by atoms with E-state index in [0.717, 1.165) is 0 Å². The molecule has 0 unspecified atom stereocenters. The Balaban J connectivity index is 0. The second-order valence-electron chi connectivity index (χ2n) is 0. The van der Waals surface area contributed by atoms with Crippen LogP contribution in [0.2, 0.25) is 0 Å². The number of hydrogen-bond acceptors (Lipinski definition) is 1. The summed E-state index contributed by atoms with van der Waals surface area (Å²) in [5.41, 5.74) is 0. The van der Waals surface area contributed by atoms with Gasteiger partial charge in [0.15, 0.2) is 0 Å². The van der Waals surface area contributed by atoms with Crippen LogP contribution in [0.25, 0.3) is 0 Å². The van der Waals surface area contributed by atoms with Gasteiger partial charge < -0.3 is 6.15 Å². The molecule has 4 heteroatoms. The Bertz CT molecular complexity index is 8.00. The third-order valence-corrected chi connectivity index (χ3v) is 0. The molecule has 0 amide bonds. The summed E-state index contributed by atoms with van der Waals surface area (Å²) >= 11 is 0. The van der Waals surface area contributed by atoms with E-state index in [1.807, 2.05) is 0 Å². The van der Waals surface area contributed by atoms with Crippen molar-refractivity contribution in [3.8, 4) is 0 Å². The summed E-state index contributed by atoms with van der Waals surface area (Å²) in [5.74, 6) is 0. The van der Waals surface area contributed by atoms with Gasteiger partial charge >= 0.3 is 45.6 Å². The fourth-order valence-electron chi connectivity index (χ4n) is 0. The average molecular weight is 218 g/mol. The molecule has 3 radical (unpaired) electrons. The second-order valence-corrected chi connectivity index (χ2v) is 0. The van der Waals surface area contributed by atoms with Crippen LogP contribution in [0.1, 0.15) is 0 Å². The van der Waals surface area contributed by atoms with Gasteiger partial charge in [-0.2, -0.15) is 0 Å². The predicted molar refractivity (Wildman–Crippen MR) is 30.7 cm³/mol. The van der Waals surface area contributed by atoms with E-state index in [-0.39, 0.29) is 60.2 Å². The van der Waals surface area contributed by atoms with Gasteiger partial charge in [-0.1, -0.05) is 0 Å². The molecule has 0 aromatic rings. The van der Waals surface area contributed by atoms with Crippen molar-refractivity contribution < 1.29 is 0 Å². The van der Waals surface area contributed by atoms with E-state index in [1.165, 1.54) is 0 Å². The maximum absolute atomic E-state index is 0. The quantitative estimate of drug-likeness (QED) is 0.445. The third kappa shape index (κ3) is 9.65. The second kappa shape index (κ2) is 24.1. The zero-order chi connectivity index (χ0) is 0. The van der Waals surface area contributed by atoms with Crippen LogP contribution in [0.5, 0.6) is 0 Å². The summed E-state index contributed by atoms with van der Waals surface area (Å²) in [6.45, 7) is 0. The van der Waals surface area contributed by atoms with E-state index in [0.29, 0.717) is 0 Å². The minimum atomic E-state index is 0. The summed E-state index contributed by atoms with van der Waals surface area (Å²) < 4.78 is 0. The molecular formula is H9BGaInN. The Kier molecular flexibility index (Phi) is 292. The van der Waals surface area contributed by atoms with Gasteiger partial charge in [0.05, 0.1) is 0 Å². The van der Waals surface area contributed by atoms with Gasteiger partial charge in [0.1, 0.15) is 0 Å². The molecule has 0 fully saturated rings. The van der Waals surface area contributed by atoms with E-state index in [9.17, 15) is 0 Å². The first kappa shape index (κ1) is 48.4. The zero-order valence-corrected chi connectivity index (χ0v) is 1.28. The van der Waals surface area contributed by atoms with Crippen LogP contribution in [0, 0.1) is 0 Å². The Morgan fingerprint density at radius 2 is 1.00 bits per heavy atom. The van der Waals surface area contributed by atoms with Crippen LogP contribution in [-0.4, -0.2) is 54.0 Å². The summed E-state index contributed by atoms with van der Waals surface area (Å²) in [5, 5.41) is 0. The third-order valence-electron chi connectivity index (χ3n) is 0. The van der Waals surface area contributed by atoms with E-state index in [1.54, 1.807) is 0 Å². The van der Waals surface area contributed by atoms with E-state index < -0.39 is 0 Å². The minimum absolute atomic E-state index is 0. The molecule has 0 bridgehead atoms. The van der Waals surface area contributed by atoms with Crippen molar-refractivity contribution >= 4 is 54.0 Å². The molecule has 0 atom stereocenters. The first-order valence-electron chi connectivity index (χ1n) is 0. The number of hydrogen-bond donors (Lipinski definition) is 1. The molecule has 3 N–H and O–H groups in total. The molecule has 0 spiro atoms. The summed E-state index contributed by atoms with van der Waals surface area (Å²) in [7, 11) is 0. The zero-order valence-electron chi connectivity index (χ0n) is 1.28. The first-order chi connectivity index (χ1) is 0. The molecule has 1 nitrogen and oxygen atoms in total. The molecule has 0 aliphatic carbocycles. The maximum atomic E-state index is 0. The van der Waals surface area contributed by atoms with Crippen LogP contribution in [0.4, 0.5) is 0 Å². The first-order valence-corrected chi connectivity index (χ1v) is 0. The molecule has 0 rings (SSSR count). The molecule has 0 heterocycles. The monoisotopic (exact) mass is 218 g/mol. The van der Waals surface area contributed by atoms with Crippen LogP contribution >= 0.6 is 0 Å². The molecule has 4 heavy (non-hydrogen) atoms. The normalized spacial score (nSPS) is 0. The molecule has 0 aromatic heterocycles. The Morgan fingerprint density at radius 1 is 1.00 bits per heavy atom. The Hall–Kier alpha value is 1.53. The summed E-state index contributed by atoms with van der Waals surface area (Å²) in [6, 6.07) is 0.